The molecule has 0 saturated heterocycles. The van der Waals surface area contributed by atoms with Gasteiger partial charge in [0, 0.05) is 10.5 Å². The van der Waals surface area contributed by atoms with Gasteiger partial charge in [0.15, 0.2) is 23.0 Å². The number of carboxylic acid groups (broad SMARTS) is 1. The molecule has 0 radical (unpaired) electrons. The van der Waals surface area contributed by atoms with E-state index in [1.165, 1.54) is 20.3 Å². The maximum Gasteiger partial charge on any atom is 0.358 e. The van der Waals surface area contributed by atoms with Crippen LogP contribution in [0.1, 0.15) is 16.1 Å². The highest BCUT2D eigenvalue weighted by molar-refractivity contribution is 9.10. The topological polar surface area (TPSA) is 81.8 Å². The van der Waals surface area contributed by atoms with E-state index in [2.05, 4.69) is 21.1 Å². The van der Waals surface area contributed by atoms with Crippen LogP contribution in [-0.4, -0.2) is 30.5 Å². The summed E-state index contributed by atoms with van der Waals surface area (Å²) in [6.45, 7) is 1.85. The third-order valence-electron chi connectivity index (χ3n) is 2.84. The molecule has 7 heteroatoms. The van der Waals surface area contributed by atoms with Gasteiger partial charge in [0.25, 0.3) is 0 Å². The molecule has 0 amide bonds. The monoisotopic (exact) mass is 341 g/mol. The van der Waals surface area contributed by atoms with Gasteiger partial charge in [-0.15, -0.1) is 0 Å². The Balaban J connectivity index is 2.70. The Morgan fingerprint density at radius 2 is 2.05 bits per heavy atom. The molecule has 0 atom stereocenters. The highest BCUT2D eigenvalue weighted by Gasteiger charge is 2.22. The number of nitrogens with zero attached hydrogens (tertiary/aromatic N) is 1. The number of benzene rings is 1. The molecule has 1 heterocycles. The minimum Gasteiger partial charge on any atom is -0.493 e. The second-order valence-corrected chi connectivity index (χ2v) is 4.83. The van der Waals surface area contributed by atoms with Crippen molar-refractivity contribution < 1.29 is 23.9 Å². The maximum absolute atomic E-state index is 10.9. The third kappa shape index (κ3) is 2.36. The van der Waals surface area contributed by atoms with Crippen molar-refractivity contribution in [3.63, 3.8) is 0 Å². The normalized spacial score (nSPS) is 10.4. The Labute approximate surface area is 123 Å². The number of carboxylic acids is 1. The number of rotatable bonds is 4. The molecule has 6 nitrogen and oxygen atoms in total. The Hall–Kier alpha value is -2.02. The van der Waals surface area contributed by atoms with E-state index in [0.717, 1.165) is 10.0 Å². The molecule has 0 aliphatic heterocycles. The van der Waals surface area contributed by atoms with Crippen LogP contribution in [0.25, 0.3) is 11.3 Å². The van der Waals surface area contributed by atoms with Crippen LogP contribution in [0.15, 0.2) is 21.1 Å². The van der Waals surface area contributed by atoms with Crippen molar-refractivity contribution >= 4 is 21.9 Å². The summed E-state index contributed by atoms with van der Waals surface area (Å²) in [7, 11) is 3.02. The number of hydrogen-bond donors (Lipinski definition) is 1. The van der Waals surface area contributed by atoms with Crippen molar-refractivity contribution in [2.75, 3.05) is 14.2 Å². The smallest absolute Gasteiger partial charge is 0.358 e. The zero-order valence-corrected chi connectivity index (χ0v) is 12.6. The van der Waals surface area contributed by atoms with Crippen LogP contribution < -0.4 is 9.47 Å². The largest absolute Gasteiger partial charge is 0.493 e. The van der Waals surface area contributed by atoms with E-state index in [4.69, 9.17) is 19.1 Å². The average Bonchev–Trinajstić information content (AvgIpc) is 2.90. The number of ether oxygens (including phenoxy) is 2. The second-order valence-electron chi connectivity index (χ2n) is 3.98. The number of aromatic carboxylic acids is 1. The summed E-state index contributed by atoms with van der Waals surface area (Å²) < 4.78 is 16.5. The van der Waals surface area contributed by atoms with E-state index >= 15 is 0 Å². The molecule has 0 saturated carbocycles. The quantitative estimate of drug-likeness (QED) is 0.919. The van der Waals surface area contributed by atoms with Crippen molar-refractivity contribution in [3.05, 3.63) is 27.9 Å². The highest BCUT2D eigenvalue weighted by Crippen LogP contribution is 2.44. The molecule has 0 bridgehead atoms. The summed E-state index contributed by atoms with van der Waals surface area (Å²) >= 11 is 3.42. The van der Waals surface area contributed by atoms with E-state index in [1.807, 2.05) is 6.92 Å². The summed E-state index contributed by atoms with van der Waals surface area (Å²) in [6.07, 6.45) is 0. The zero-order chi connectivity index (χ0) is 14.9. The minimum atomic E-state index is -1.15. The number of methoxy groups -OCH3 is 2. The fraction of sp³-hybridized carbons (Fsp3) is 0.231. The molecular weight excluding hydrogens is 330 g/mol. The molecule has 1 aromatic carbocycles. The lowest BCUT2D eigenvalue weighted by atomic mass is 10.0. The summed E-state index contributed by atoms with van der Waals surface area (Å²) in [4.78, 5) is 10.9. The highest BCUT2D eigenvalue weighted by atomic mass is 79.9. The number of aromatic nitrogens is 1. The van der Waals surface area contributed by atoms with Crippen LogP contribution in [0.5, 0.6) is 11.5 Å². The van der Waals surface area contributed by atoms with Crippen molar-refractivity contribution in [2.24, 2.45) is 0 Å². The Kier molecular flexibility index (Phi) is 3.99. The van der Waals surface area contributed by atoms with Gasteiger partial charge < -0.3 is 19.1 Å². The first-order valence-electron chi connectivity index (χ1n) is 5.61. The Morgan fingerprint density at radius 3 is 2.55 bits per heavy atom. The fourth-order valence-corrected chi connectivity index (χ4v) is 2.25. The summed E-state index contributed by atoms with van der Waals surface area (Å²) in [6, 6.07) is 3.12. The van der Waals surface area contributed by atoms with E-state index in [-0.39, 0.29) is 5.69 Å². The molecule has 0 unspecified atom stereocenters. The van der Waals surface area contributed by atoms with Crippen molar-refractivity contribution in [3.8, 4) is 22.8 Å². The van der Waals surface area contributed by atoms with Crippen molar-refractivity contribution in [1.82, 2.24) is 5.16 Å². The van der Waals surface area contributed by atoms with Crippen LogP contribution in [0.4, 0.5) is 0 Å². The van der Waals surface area contributed by atoms with Gasteiger partial charge in [-0.3, -0.25) is 0 Å². The molecule has 0 fully saturated rings. The predicted octanol–water partition coefficient (Wildman–Crippen LogP) is 3.13. The number of halogens is 1. The molecule has 1 N–H and O–H groups in total. The first-order chi connectivity index (χ1) is 9.49. The van der Waals surface area contributed by atoms with E-state index in [1.54, 1.807) is 6.07 Å². The van der Waals surface area contributed by atoms with Crippen LogP contribution in [-0.2, 0) is 0 Å². The van der Waals surface area contributed by atoms with Gasteiger partial charge in [0.1, 0.15) is 0 Å². The van der Waals surface area contributed by atoms with Gasteiger partial charge in [-0.05, 0) is 18.6 Å². The number of carbonyl (C=O) groups is 1. The number of hydrogen-bond acceptors (Lipinski definition) is 5. The van der Waals surface area contributed by atoms with E-state index in [0.29, 0.717) is 22.8 Å². The first kappa shape index (κ1) is 14.4. The summed E-state index contributed by atoms with van der Waals surface area (Å²) in [5.74, 6) is 0.115. The van der Waals surface area contributed by atoms with Crippen LogP contribution in [0.2, 0.25) is 0 Å². The van der Waals surface area contributed by atoms with Crippen LogP contribution in [0.3, 0.4) is 0 Å². The zero-order valence-electron chi connectivity index (χ0n) is 11.1. The second kappa shape index (κ2) is 5.54. The van der Waals surface area contributed by atoms with Gasteiger partial charge in [-0.2, -0.15) is 0 Å². The average molecular weight is 342 g/mol. The maximum atomic E-state index is 10.9. The lowest BCUT2D eigenvalue weighted by molar-refractivity contribution is 0.0686. The lowest BCUT2D eigenvalue weighted by Crippen LogP contribution is -1.96. The molecule has 0 aliphatic carbocycles. The van der Waals surface area contributed by atoms with Crippen molar-refractivity contribution in [1.29, 1.82) is 0 Å². The first-order valence-corrected chi connectivity index (χ1v) is 6.40. The Morgan fingerprint density at radius 1 is 1.35 bits per heavy atom. The molecule has 106 valence electrons. The van der Waals surface area contributed by atoms with Gasteiger partial charge in [-0.1, -0.05) is 21.1 Å². The molecule has 0 aliphatic rings. The van der Waals surface area contributed by atoms with E-state index < -0.39 is 5.97 Å². The predicted molar refractivity (Wildman–Crippen MR) is 74.4 cm³/mol. The lowest BCUT2D eigenvalue weighted by Gasteiger charge is -2.14. The molecule has 2 rings (SSSR count). The Bertz CT molecular complexity index is 665. The van der Waals surface area contributed by atoms with Gasteiger partial charge in [-0.25, -0.2) is 4.79 Å². The molecule has 1 aromatic heterocycles. The van der Waals surface area contributed by atoms with Gasteiger partial charge in [0.05, 0.1) is 19.8 Å². The molecule has 2 aromatic rings. The third-order valence-corrected chi connectivity index (χ3v) is 3.67. The minimum absolute atomic E-state index is 0.166. The fourth-order valence-electron chi connectivity index (χ4n) is 1.85. The summed E-state index contributed by atoms with van der Waals surface area (Å²) in [5.41, 5.74) is 1.26. The molecule has 0 spiro atoms. The summed E-state index contributed by atoms with van der Waals surface area (Å²) in [5, 5.41) is 12.4. The van der Waals surface area contributed by atoms with Gasteiger partial charge >= 0.3 is 5.97 Å². The SMILES string of the molecule is COc1cc(Br)c(C)c(-c2cc(C(=O)O)no2)c1OC. The van der Waals surface area contributed by atoms with Crippen LogP contribution in [0, 0.1) is 6.92 Å². The molecular formula is C13H12BrNO5. The van der Waals surface area contributed by atoms with Gasteiger partial charge in [0.2, 0.25) is 0 Å². The van der Waals surface area contributed by atoms with Crippen LogP contribution >= 0.6 is 15.9 Å². The standard InChI is InChI=1S/C13H12BrNO5/c1-6-7(14)4-10(18-2)12(19-3)11(6)9-5-8(13(16)17)15-20-9/h4-5H,1-3H3,(H,16,17). The van der Waals surface area contributed by atoms with Crippen molar-refractivity contribution in [2.45, 2.75) is 6.92 Å². The molecule has 20 heavy (non-hydrogen) atoms. The van der Waals surface area contributed by atoms with E-state index in [9.17, 15) is 4.79 Å².